The minimum absolute atomic E-state index is 0.0909. The molecular formula is C18H19NO2. The summed E-state index contributed by atoms with van der Waals surface area (Å²) in [5, 5.41) is 3.00. The van der Waals surface area contributed by atoms with E-state index in [4.69, 9.17) is 4.74 Å². The number of carbonyl (C=O) groups is 1. The number of carbonyl (C=O) groups excluding carboxylic acids is 1. The van der Waals surface area contributed by atoms with E-state index in [0.29, 0.717) is 13.0 Å². The number of hydrogen-bond donors (Lipinski definition) is 1. The van der Waals surface area contributed by atoms with E-state index in [1.807, 2.05) is 56.3 Å². The molecule has 1 N–H and O–H groups in total. The van der Waals surface area contributed by atoms with E-state index < -0.39 is 0 Å². The monoisotopic (exact) mass is 281 g/mol. The molecule has 108 valence electrons. The fraction of sp³-hybridized carbons (Fsp3) is 0.278. The van der Waals surface area contributed by atoms with Crippen molar-refractivity contribution in [3.8, 4) is 5.75 Å². The van der Waals surface area contributed by atoms with Gasteiger partial charge in [-0.2, -0.15) is 0 Å². The van der Waals surface area contributed by atoms with E-state index in [9.17, 15) is 4.79 Å². The minimum Gasteiger partial charge on any atom is -0.494 e. The molecule has 1 aliphatic rings. The Kier molecular flexibility index (Phi) is 3.65. The van der Waals surface area contributed by atoms with Crippen molar-refractivity contribution in [3.05, 3.63) is 59.2 Å². The Bertz CT molecular complexity index is 661. The first-order valence-electron chi connectivity index (χ1n) is 7.31. The van der Waals surface area contributed by atoms with Crippen LogP contribution in [-0.4, -0.2) is 12.5 Å². The van der Waals surface area contributed by atoms with Gasteiger partial charge in [0.15, 0.2) is 0 Å². The van der Waals surface area contributed by atoms with Crippen LogP contribution >= 0.6 is 0 Å². The summed E-state index contributed by atoms with van der Waals surface area (Å²) in [6, 6.07) is 14.1. The molecule has 3 heteroatoms. The maximum Gasteiger partial charge on any atom is 0.232 e. The molecule has 1 amide bonds. The normalized spacial score (nSPS) is 16.5. The summed E-state index contributed by atoms with van der Waals surface area (Å²) in [6.45, 7) is 4.66. The summed E-state index contributed by atoms with van der Waals surface area (Å²) in [4.78, 5) is 12.2. The molecule has 1 unspecified atom stereocenters. The van der Waals surface area contributed by atoms with Crippen LogP contribution in [0.3, 0.4) is 0 Å². The summed E-state index contributed by atoms with van der Waals surface area (Å²) in [7, 11) is 0. The van der Waals surface area contributed by atoms with Crippen molar-refractivity contribution >= 4 is 11.6 Å². The smallest absolute Gasteiger partial charge is 0.232 e. The average Bonchev–Trinajstić information content (AvgIpc) is 2.80. The lowest BCUT2D eigenvalue weighted by atomic mass is 9.92. The Morgan fingerprint density at radius 2 is 1.90 bits per heavy atom. The molecule has 0 saturated carbocycles. The van der Waals surface area contributed by atoms with Gasteiger partial charge in [-0.25, -0.2) is 0 Å². The van der Waals surface area contributed by atoms with Gasteiger partial charge < -0.3 is 10.1 Å². The van der Waals surface area contributed by atoms with Gasteiger partial charge in [-0.15, -0.1) is 0 Å². The molecule has 0 aliphatic carbocycles. The van der Waals surface area contributed by atoms with Gasteiger partial charge in [-0.05, 0) is 49.1 Å². The highest BCUT2D eigenvalue weighted by molar-refractivity contribution is 6.03. The van der Waals surface area contributed by atoms with Crippen LogP contribution in [0.25, 0.3) is 0 Å². The van der Waals surface area contributed by atoms with Crippen molar-refractivity contribution in [2.24, 2.45) is 0 Å². The number of aryl methyl sites for hydroxylation is 1. The average molecular weight is 281 g/mol. The van der Waals surface area contributed by atoms with Crippen LogP contribution in [-0.2, 0) is 11.2 Å². The van der Waals surface area contributed by atoms with Crippen LogP contribution in [0.4, 0.5) is 5.69 Å². The van der Waals surface area contributed by atoms with Gasteiger partial charge in [0, 0.05) is 5.69 Å². The molecule has 2 aromatic carbocycles. The number of amides is 1. The highest BCUT2D eigenvalue weighted by Gasteiger charge is 2.31. The number of hydrogen-bond acceptors (Lipinski definition) is 2. The first kappa shape index (κ1) is 13.7. The lowest BCUT2D eigenvalue weighted by Gasteiger charge is -2.10. The summed E-state index contributed by atoms with van der Waals surface area (Å²) in [5.41, 5.74) is 4.36. The van der Waals surface area contributed by atoms with Crippen LogP contribution < -0.4 is 10.1 Å². The van der Waals surface area contributed by atoms with Crippen molar-refractivity contribution < 1.29 is 9.53 Å². The van der Waals surface area contributed by atoms with Crippen molar-refractivity contribution in [2.45, 2.75) is 26.2 Å². The Morgan fingerprint density at radius 1 is 1.14 bits per heavy atom. The molecule has 0 saturated heterocycles. The Balaban J connectivity index is 1.82. The second kappa shape index (κ2) is 5.60. The predicted molar refractivity (Wildman–Crippen MR) is 83.9 cm³/mol. The molecule has 3 nitrogen and oxygen atoms in total. The predicted octanol–water partition coefficient (Wildman–Crippen LogP) is 3.67. The molecule has 0 aromatic heterocycles. The maximum absolute atomic E-state index is 12.2. The second-order valence-electron chi connectivity index (χ2n) is 5.36. The van der Waals surface area contributed by atoms with Gasteiger partial charge >= 0.3 is 0 Å². The third kappa shape index (κ3) is 2.64. The largest absolute Gasteiger partial charge is 0.494 e. The van der Waals surface area contributed by atoms with Gasteiger partial charge in [-0.1, -0.05) is 30.3 Å². The van der Waals surface area contributed by atoms with Gasteiger partial charge in [0.25, 0.3) is 0 Å². The van der Waals surface area contributed by atoms with E-state index in [2.05, 4.69) is 5.32 Å². The Morgan fingerprint density at radius 3 is 2.62 bits per heavy atom. The SMILES string of the molecule is CCOc1ccc(CC2C(=O)Nc3c(C)cccc32)cc1. The molecule has 3 rings (SSSR count). The van der Waals surface area contributed by atoms with Crippen LogP contribution in [0, 0.1) is 6.92 Å². The fourth-order valence-electron chi connectivity index (χ4n) is 2.83. The van der Waals surface area contributed by atoms with E-state index >= 15 is 0 Å². The van der Waals surface area contributed by atoms with Crippen LogP contribution in [0.5, 0.6) is 5.75 Å². The van der Waals surface area contributed by atoms with E-state index in [1.165, 1.54) is 0 Å². The summed E-state index contributed by atoms with van der Waals surface area (Å²) < 4.78 is 5.44. The van der Waals surface area contributed by atoms with E-state index in [1.54, 1.807) is 0 Å². The Hall–Kier alpha value is -2.29. The highest BCUT2D eigenvalue weighted by atomic mass is 16.5. The number of benzene rings is 2. The van der Waals surface area contributed by atoms with Crippen molar-refractivity contribution in [1.29, 1.82) is 0 Å². The number of ether oxygens (including phenoxy) is 1. The maximum atomic E-state index is 12.2. The van der Waals surface area contributed by atoms with Gasteiger partial charge in [-0.3, -0.25) is 4.79 Å². The quantitative estimate of drug-likeness (QED) is 0.928. The Labute approximate surface area is 124 Å². The number of nitrogens with one attached hydrogen (secondary N) is 1. The third-order valence-corrected chi connectivity index (χ3v) is 3.92. The zero-order chi connectivity index (χ0) is 14.8. The van der Waals surface area contributed by atoms with Gasteiger partial charge in [0.1, 0.15) is 5.75 Å². The summed E-state index contributed by atoms with van der Waals surface area (Å²) >= 11 is 0. The third-order valence-electron chi connectivity index (χ3n) is 3.92. The molecule has 0 radical (unpaired) electrons. The number of rotatable bonds is 4. The first-order chi connectivity index (χ1) is 10.2. The summed E-state index contributed by atoms with van der Waals surface area (Å²) in [6.07, 6.45) is 0.717. The second-order valence-corrected chi connectivity index (χ2v) is 5.36. The van der Waals surface area contributed by atoms with Gasteiger partial charge in [0.2, 0.25) is 5.91 Å². The number of anilines is 1. The fourth-order valence-corrected chi connectivity index (χ4v) is 2.83. The number of fused-ring (bicyclic) bond motifs is 1. The first-order valence-corrected chi connectivity index (χ1v) is 7.31. The van der Waals surface area contributed by atoms with Crippen molar-refractivity contribution in [1.82, 2.24) is 0 Å². The van der Waals surface area contributed by atoms with Crippen LogP contribution in [0.15, 0.2) is 42.5 Å². The minimum atomic E-state index is -0.0992. The molecule has 21 heavy (non-hydrogen) atoms. The zero-order valence-electron chi connectivity index (χ0n) is 12.3. The molecule has 1 aliphatic heterocycles. The molecule has 1 heterocycles. The highest BCUT2D eigenvalue weighted by Crippen LogP contribution is 2.36. The molecule has 0 spiro atoms. The topological polar surface area (TPSA) is 38.3 Å². The molecule has 0 fully saturated rings. The van der Waals surface area contributed by atoms with Gasteiger partial charge in [0.05, 0.1) is 12.5 Å². The van der Waals surface area contributed by atoms with Crippen molar-refractivity contribution in [3.63, 3.8) is 0 Å². The zero-order valence-corrected chi connectivity index (χ0v) is 12.3. The lowest BCUT2D eigenvalue weighted by molar-refractivity contribution is -0.117. The molecular weight excluding hydrogens is 262 g/mol. The standard InChI is InChI=1S/C18H19NO2/c1-3-21-14-9-7-13(8-10-14)11-16-15-6-4-5-12(2)17(15)19-18(16)20/h4-10,16H,3,11H2,1-2H3,(H,19,20). The molecule has 2 aromatic rings. The van der Waals surface area contributed by atoms with Crippen LogP contribution in [0.1, 0.15) is 29.5 Å². The van der Waals surface area contributed by atoms with Crippen molar-refractivity contribution in [2.75, 3.05) is 11.9 Å². The lowest BCUT2D eigenvalue weighted by Crippen LogP contribution is -2.14. The van der Waals surface area contributed by atoms with E-state index in [-0.39, 0.29) is 11.8 Å². The molecule has 1 atom stereocenters. The summed E-state index contributed by atoms with van der Waals surface area (Å²) in [5.74, 6) is 0.861. The van der Waals surface area contributed by atoms with E-state index in [0.717, 1.165) is 28.1 Å². The molecule has 0 bridgehead atoms. The van der Waals surface area contributed by atoms with Crippen LogP contribution in [0.2, 0.25) is 0 Å². The number of para-hydroxylation sites is 1.